The van der Waals surface area contributed by atoms with Gasteiger partial charge in [0.15, 0.2) is 0 Å². The molecule has 3 nitrogen and oxygen atoms in total. The molecule has 0 radical (unpaired) electrons. The van der Waals surface area contributed by atoms with E-state index in [0.29, 0.717) is 0 Å². The molecule has 0 amide bonds. The molecule has 4 heteroatoms. The number of nitrogens with zero attached hydrogens (tertiary/aromatic N) is 1. The van der Waals surface area contributed by atoms with Crippen molar-refractivity contribution in [1.29, 1.82) is 0 Å². The van der Waals surface area contributed by atoms with Crippen molar-refractivity contribution >= 4 is 11.3 Å². The first-order valence-electron chi connectivity index (χ1n) is 5.02. The second-order valence-corrected chi connectivity index (χ2v) is 4.17. The van der Waals surface area contributed by atoms with E-state index < -0.39 is 0 Å². The maximum atomic E-state index is 5.27. The molecule has 1 aromatic rings. The fourth-order valence-electron chi connectivity index (χ4n) is 1.51. The van der Waals surface area contributed by atoms with Crippen molar-refractivity contribution in [3.05, 3.63) is 22.4 Å². The number of hydrogen-bond donors (Lipinski definition) is 1. The molecule has 0 aromatic carbocycles. The predicted molar refractivity (Wildman–Crippen MR) is 58.4 cm³/mol. The van der Waals surface area contributed by atoms with Crippen molar-refractivity contribution in [3.8, 4) is 0 Å². The van der Waals surface area contributed by atoms with Crippen LogP contribution in [0.2, 0.25) is 0 Å². The number of hydrazine groups is 1. The fourth-order valence-corrected chi connectivity index (χ4v) is 2.22. The summed E-state index contributed by atoms with van der Waals surface area (Å²) >= 11 is 1.76. The van der Waals surface area contributed by atoms with E-state index in [-0.39, 0.29) is 0 Å². The first kappa shape index (κ1) is 10.1. The molecule has 78 valence electrons. The lowest BCUT2D eigenvalue weighted by atomic mass is 10.2. The average Bonchev–Trinajstić information content (AvgIpc) is 2.72. The molecule has 0 atom stereocenters. The lowest BCUT2D eigenvalue weighted by molar-refractivity contribution is 0.0124. The Bertz CT molecular complexity index is 245. The van der Waals surface area contributed by atoms with E-state index in [2.05, 4.69) is 27.3 Å². The van der Waals surface area contributed by atoms with E-state index in [9.17, 15) is 0 Å². The topological polar surface area (TPSA) is 24.5 Å². The summed E-state index contributed by atoms with van der Waals surface area (Å²) in [5.74, 6) is 0. The van der Waals surface area contributed by atoms with Crippen LogP contribution in [0, 0.1) is 0 Å². The van der Waals surface area contributed by atoms with Crippen LogP contribution in [-0.4, -0.2) is 37.9 Å². The second kappa shape index (κ2) is 5.46. The Kier molecular flexibility index (Phi) is 3.94. The molecule has 1 fully saturated rings. The lowest BCUT2D eigenvalue weighted by Crippen LogP contribution is -2.46. The van der Waals surface area contributed by atoms with Crippen LogP contribution >= 0.6 is 11.3 Å². The van der Waals surface area contributed by atoms with Crippen LogP contribution in [0.25, 0.3) is 0 Å². The smallest absolute Gasteiger partial charge is 0.0608 e. The van der Waals surface area contributed by atoms with Gasteiger partial charge in [-0.3, -0.25) is 5.43 Å². The third kappa shape index (κ3) is 3.06. The van der Waals surface area contributed by atoms with Crippen molar-refractivity contribution in [2.75, 3.05) is 32.8 Å². The van der Waals surface area contributed by atoms with Gasteiger partial charge in [0.2, 0.25) is 0 Å². The number of nitrogens with one attached hydrogen (secondary N) is 1. The Balaban J connectivity index is 1.62. The molecule has 2 heterocycles. The van der Waals surface area contributed by atoms with E-state index in [1.165, 1.54) is 5.56 Å². The van der Waals surface area contributed by atoms with Crippen LogP contribution in [-0.2, 0) is 11.2 Å². The molecule has 1 saturated heterocycles. The Morgan fingerprint density at radius 3 is 3.00 bits per heavy atom. The summed E-state index contributed by atoms with van der Waals surface area (Å²) in [7, 11) is 0. The SMILES string of the molecule is c1cc(CCNN2CCOCC2)cs1. The van der Waals surface area contributed by atoms with Crippen LogP contribution in [0.4, 0.5) is 0 Å². The van der Waals surface area contributed by atoms with Crippen molar-refractivity contribution < 1.29 is 4.74 Å². The Morgan fingerprint density at radius 2 is 2.29 bits per heavy atom. The minimum atomic E-state index is 0.853. The van der Waals surface area contributed by atoms with Gasteiger partial charge in [0.25, 0.3) is 0 Å². The molecule has 2 rings (SSSR count). The van der Waals surface area contributed by atoms with Crippen molar-refractivity contribution in [3.63, 3.8) is 0 Å². The zero-order valence-corrected chi connectivity index (χ0v) is 9.05. The molecule has 0 saturated carbocycles. The molecule has 0 spiro atoms. The zero-order valence-electron chi connectivity index (χ0n) is 8.24. The fraction of sp³-hybridized carbons (Fsp3) is 0.600. The van der Waals surface area contributed by atoms with E-state index in [0.717, 1.165) is 39.3 Å². The van der Waals surface area contributed by atoms with Gasteiger partial charge in [-0.25, -0.2) is 5.01 Å². The number of thiophene rings is 1. The standard InChI is InChI=1S/C10H16N2OS/c1(10-2-8-14-9-10)3-11-12-4-6-13-7-5-12/h2,8-9,11H,1,3-7H2. The molecule has 14 heavy (non-hydrogen) atoms. The highest BCUT2D eigenvalue weighted by atomic mass is 32.1. The minimum absolute atomic E-state index is 0.853. The highest BCUT2D eigenvalue weighted by molar-refractivity contribution is 7.07. The normalized spacial score (nSPS) is 18.6. The first-order valence-corrected chi connectivity index (χ1v) is 5.97. The van der Waals surface area contributed by atoms with Crippen LogP contribution < -0.4 is 5.43 Å². The van der Waals surface area contributed by atoms with Gasteiger partial charge in [0.1, 0.15) is 0 Å². The summed E-state index contributed by atoms with van der Waals surface area (Å²) in [5.41, 5.74) is 4.84. The molecule has 1 N–H and O–H groups in total. The monoisotopic (exact) mass is 212 g/mol. The predicted octanol–water partition coefficient (Wildman–Crippen LogP) is 1.13. The van der Waals surface area contributed by atoms with Gasteiger partial charge in [-0.1, -0.05) is 0 Å². The summed E-state index contributed by atoms with van der Waals surface area (Å²) in [5, 5.41) is 6.58. The van der Waals surface area contributed by atoms with Gasteiger partial charge in [0.05, 0.1) is 13.2 Å². The molecule has 1 aliphatic rings. The summed E-state index contributed by atoms with van der Waals surface area (Å²) in [6.45, 7) is 4.74. The Hall–Kier alpha value is -0.420. The van der Waals surface area contributed by atoms with Gasteiger partial charge in [-0.2, -0.15) is 11.3 Å². The molecular weight excluding hydrogens is 196 g/mol. The van der Waals surface area contributed by atoms with Gasteiger partial charge < -0.3 is 4.74 Å². The zero-order chi connectivity index (χ0) is 9.64. The summed E-state index contributed by atoms with van der Waals surface area (Å²) in [6.07, 6.45) is 1.11. The Labute approximate surface area is 88.6 Å². The first-order chi connectivity index (χ1) is 6.95. The molecule has 0 bridgehead atoms. The third-order valence-electron chi connectivity index (χ3n) is 2.34. The third-order valence-corrected chi connectivity index (χ3v) is 3.07. The molecular formula is C10H16N2OS. The summed E-state index contributed by atoms with van der Waals surface area (Å²) in [4.78, 5) is 0. The van der Waals surface area contributed by atoms with Crippen molar-refractivity contribution in [2.45, 2.75) is 6.42 Å². The quantitative estimate of drug-likeness (QED) is 0.809. The van der Waals surface area contributed by atoms with E-state index in [1.54, 1.807) is 11.3 Å². The highest BCUT2D eigenvalue weighted by Crippen LogP contribution is 2.05. The average molecular weight is 212 g/mol. The maximum Gasteiger partial charge on any atom is 0.0608 e. The van der Waals surface area contributed by atoms with Gasteiger partial charge in [-0.15, -0.1) is 0 Å². The molecule has 0 unspecified atom stereocenters. The van der Waals surface area contributed by atoms with E-state index in [4.69, 9.17) is 4.74 Å². The highest BCUT2D eigenvalue weighted by Gasteiger charge is 2.08. The van der Waals surface area contributed by atoms with Crippen LogP contribution in [0.3, 0.4) is 0 Å². The van der Waals surface area contributed by atoms with E-state index in [1.807, 2.05) is 0 Å². The summed E-state index contributed by atoms with van der Waals surface area (Å²) in [6, 6.07) is 2.19. The van der Waals surface area contributed by atoms with Crippen LogP contribution in [0.15, 0.2) is 16.8 Å². The van der Waals surface area contributed by atoms with Crippen molar-refractivity contribution in [2.24, 2.45) is 0 Å². The van der Waals surface area contributed by atoms with Crippen molar-refractivity contribution in [1.82, 2.24) is 10.4 Å². The van der Waals surface area contributed by atoms with Gasteiger partial charge in [0, 0.05) is 19.6 Å². The molecule has 1 aliphatic heterocycles. The molecule has 0 aliphatic carbocycles. The largest absolute Gasteiger partial charge is 0.379 e. The number of ether oxygens (including phenoxy) is 1. The molecule has 1 aromatic heterocycles. The van der Waals surface area contributed by atoms with Gasteiger partial charge >= 0.3 is 0 Å². The lowest BCUT2D eigenvalue weighted by Gasteiger charge is -2.27. The number of rotatable bonds is 4. The maximum absolute atomic E-state index is 5.27. The van der Waals surface area contributed by atoms with Crippen LogP contribution in [0.1, 0.15) is 5.56 Å². The van der Waals surface area contributed by atoms with Gasteiger partial charge in [-0.05, 0) is 28.8 Å². The second-order valence-electron chi connectivity index (χ2n) is 3.39. The number of morpholine rings is 1. The van der Waals surface area contributed by atoms with E-state index >= 15 is 0 Å². The Morgan fingerprint density at radius 1 is 1.43 bits per heavy atom. The summed E-state index contributed by atoms with van der Waals surface area (Å²) < 4.78 is 5.27. The number of hydrogen-bond acceptors (Lipinski definition) is 4. The minimum Gasteiger partial charge on any atom is -0.379 e. The van der Waals surface area contributed by atoms with Crippen LogP contribution in [0.5, 0.6) is 0 Å².